The molecule has 0 fully saturated rings. The highest BCUT2D eigenvalue weighted by atomic mass is 16.8. The predicted octanol–water partition coefficient (Wildman–Crippen LogP) is -0.618. The van der Waals surface area contributed by atoms with Crippen molar-refractivity contribution in [1.29, 1.82) is 0 Å². The zero-order chi connectivity index (χ0) is 8.65. The summed E-state index contributed by atoms with van der Waals surface area (Å²) in [5, 5.41) is 43.3. The van der Waals surface area contributed by atoms with Gasteiger partial charge in [-0.05, 0) is 0 Å². The average Bonchev–Trinajstić information content (AvgIpc) is 1.95. The van der Waals surface area contributed by atoms with Crippen LogP contribution in [0.3, 0.4) is 0 Å². The lowest BCUT2D eigenvalue weighted by Crippen LogP contribution is -2.36. The van der Waals surface area contributed by atoms with Crippen molar-refractivity contribution in [2.24, 2.45) is 0 Å². The first-order valence-electron chi connectivity index (χ1n) is 2.60. The maximum atomic E-state index is 8.69. The van der Waals surface area contributed by atoms with Crippen LogP contribution >= 0.6 is 0 Å². The Morgan fingerprint density at radius 1 is 1.18 bits per heavy atom. The van der Waals surface area contributed by atoms with E-state index >= 15 is 0 Å². The average molecular weight is 162 g/mol. The summed E-state index contributed by atoms with van der Waals surface area (Å²) < 4.78 is 3.99. The van der Waals surface area contributed by atoms with Crippen molar-refractivity contribution in [2.45, 2.75) is 5.97 Å². The molecule has 0 amide bonds. The Bertz CT molecular complexity index is 237. The Morgan fingerprint density at radius 2 is 1.73 bits per heavy atom. The van der Waals surface area contributed by atoms with E-state index in [4.69, 9.17) is 25.5 Å². The van der Waals surface area contributed by atoms with Crippen molar-refractivity contribution in [1.82, 2.24) is 0 Å². The van der Waals surface area contributed by atoms with Gasteiger partial charge in [-0.3, -0.25) is 0 Å². The molecule has 0 unspecified atom stereocenters. The highest BCUT2D eigenvalue weighted by Gasteiger charge is 2.38. The Kier molecular flexibility index (Phi) is 1.43. The summed E-state index contributed by atoms with van der Waals surface area (Å²) >= 11 is 0. The third-order valence-corrected chi connectivity index (χ3v) is 1.11. The lowest BCUT2D eigenvalue weighted by molar-refractivity contribution is -0.306. The van der Waals surface area contributed by atoms with Gasteiger partial charge in [-0.2, -0.15) is 0 Å². The van der Waals surface area contributed by atoms with Gasteiger partial charge in [0.2, 0.25) is 11.5 Å². The monoisotopic (exact) mass is 162 g/mol. The van der Waals surface area contributed by atoms with Gasteiger partial charge in [0.05, 0.1) is 0 Å². The quantitative estimate of drug-likeness (QED) is 0.304. The molecule has 0 saturated heterocycles. The molecule has 0 atom stereocenters. The molecule has 0 radical (unpaired) electrons. The highest BCUT2D eigenvalue weighted by Crippen LogP contribution is 2.24. The van der Waals surface area contributed by atoms with Crippen LogP contribution in [0.4, 0.5) is 0 Å². The molecule has 1 aliphatic heterocycles. The van der Waals surface area contributed by atoms with E-state index in [0.717, 1.165) is 0 Å². The van der Waals surface area contributed by atoms with Crippen LogP contribution in [0.5, 0.6) is 0 Å². The Balaban J connectivity index is 3.07. The van der Waals surface area contributed by atoms with Crippen LogP contribution in [-0.4, -0.2) is 31.5 Å². The summed E-state index contributed by atoms with van der Waals surface area (Å²) in [5.74, 6) is -6.02. The fraction of sp³-hybridized carbons (Fsp3) is 0.200. The van der Waals surface area contributed by atoms with Crippen LogP contribution in [0, 0.1) is 0 Å². The molecule has 0 aliphatic carbocycles. The van der Waals surface area contributed by atoms with Crippen LogP contribution < -0.4 is 0 Å². The lowest BCUT2D eigenvalue weighted by Gasteiger charge is -2.23. The van der Waals surface area contributed by atoms with Gasteiger partial charge in [0.1, 0.15) is 6.26 Å². The number of aliphatic hydroxyl groups excluding tert-OH is 3. The van der Waals surface area contributed by atoms with Gasteiger partial charge in [0.15, 0.2) is 5.76 Å². The molecule has 1 heterocycles. The van der Waals surface area contributed by atoms with Gasteiger partial charge in [-0.25, -0.2) is 0 Å². The van der Waals surface area contributed by atoms with E-state index in [1.807, 2.05) is 0 Å². The van der Waals surface area contributed by atoms with Crippen LogP contribution in [0.25, 0.3) is 0 Å². The van der Waals surface area contributed by atoms with Crippen molar-refractivity contribution in [3.8, 4) is 0 Å². The molecule has 1 rings (SSSR count). The van der Waals surface area contributed by atoms with Crippen molar-refractivity contribution >= 4 is 0 Å². The summed E-state index contributed by atoms with van der Waals surface area (Å²) in [4.78, 5) is 0. The predicted molar refractivity (Wildman–Crippen MR) is 31.2 cm³/mol. The minimum absolute atomic E-state index is 0.495. The van der Waals surface area contributed by atoms with Gasteiger partial charge in [-0.1, -0.05) is 0 Å². The molecule has 6 nitrogen and oxygen atoms in total. The summed E-state index contributed by atoms with van der Waals surface area (Å²) in [5.41, 5.74) is 0. The van der Waals surface area contributed by atoms with Crippen molar-refractivity contribution in [3.63, 3.8) is 0 Å². The molecule has 0 spiro atoms. The van der Waals surface area contributed by atoms with E-state index in [2.05, 4.69) is 4.74 Å². The van der Waals surface area contributed by atoms with Gasteiger partial charge < -0.3 is 30.3 Å². The second-order valence-electron chi connectivity index (χ2n) is 1.93. The van der Waals surface area contributed by atoms with E-state index in [1.165, 1.54) is 0 Å². The molecule has 11 heavy (non-hydrogen) atoms. The molecule has 62 valence electrons. The van der Waals surface area contributed by atoms with E-state index in [-0.39, 0.29) is 0 Å². The first-order valence-corrected chi connectivity index (χ1v) is 2.60. The molecule has 0 aromatic rings. The van der Waals surface area contributed by atoms with E-state index < -0.39 is 23.3 Å². The zero-order valence-electron chi connectivity index (χ0n) is 5.22. The Labute approximate surface area is 60.9 Å². The largest absolute Gasteiger partial charge is 0.502 e. The second-order valence-corrected chi connectivity index (χ2v) is 1.93. The first kappa shape index (κ1) is 7.70. The summed E-state index contributed by atoms with van der Waals surface area (Å²) in [6.07, 6.45) is 0.495. The summed E-state index contributed by atoms with van der Waals surface area (Å²) in [6.45, 7) is 0. The SMILES string of the molecule is OC1=COC(O)(O)C(O)=C1O. The number of hydrogen-bond donors (Lipinski definition) is 5. The molecule has 0 aromatic heterocycles. The normalized spacial score (nSPS) is 22.5. The molecular weight excluding hydrogens is 156 g/mol. The molecular formula is C5H6O6. The maximum absolute atomic E-state index is 8.69. The second kappa shape index (κ2) is 2.04. The number of rotatable bonds is 0. The van der Waals surface area contributed by atoms with Crippen molar-refractivity contribution in [3.05, 3.63) is 23.5 Å². The molecule has 0 saturated carbocycles. The minimum atomic E-state index is -2.96. The summed E-state index contributed by atoms with van der Waals surface area (Å²) in [6, 6.07) is 0. The Morgan fingerprint density at radius 3 is 2.18 bits per heavy atom. The van der Waals surface area contributed by atoms with Crippen LogP contribution in [0.2, 0.25) is 0 Å². The zero-order valence-corrected chi connectivity index (χ0v) is 5.22. The van der Waals surface area contributed by atoms with Gasteiger partial charge in [-0.15, -0.1) is 0 Å². The third-order valence-electron chi connectivity index (χ3n) is 1.11. The van der Waals surface area contributed by atoms with Gasteiger partial charge in [0, 0.05) is 0 Å². The fourth-order valence-corrected chi connectivity index (χ4v) is 0.525. The number of aliphatic hydroxyl groups is 5. The smallest absolute Gasteiger partial charge is 0.388 e. The van der Waals surface area contributed by atoms with Crippen molar-refractivity contribution in [2.75, 3.05) is 0 Å². The van der Waals surface area contributed by atoms with Gasteiger partial charge >= 0.3 is 5.97 Å². The molecule has 5 N–H and O–H groups in total. The topological polar surface area (TPSA) is 110 Å². The van der Waals surface area contributed by atoms with Crippen LogP contribution in [-0.2, 0) is 4.74 Å². The van der Waals surface area contributed by atoms with Crippen LogP contribution in [0.1, 0.15) is 0 Å². The van der Waals surface area contributed by atoms with Crippen molar-refractivity contribution < 1.29 is 30.3 Å². The van der Waals surface area contributed by atoms with E-state index in [1.54, 1.807) is 0 Å². The molecule has 0 aromatic carbocycles. The molecule has 0 bridgehead atoms. The molecule has 1 aliphatic rings. The first-order chi connectivity index (χ1) is 4.95. The van der Waals surface area contributed by atoms with E-state index in [9.17, 15) is 0 Å². The standard InChI is InChI=1S/C5H6O6/c6-2-1-11-5(9,10)4(8)3(2)7/h1,6-10H. The number of ether oxygens (including phenoxy) is 1. The highest BCUT2D eigenvalue weighted by molar-refractivity contribution is 5.24. The van der Waals surface area contributed by atoms with Gasteiger partial charge in [0.25, 0.3) is 0 Å². The lowest BCUT2D eigenvalue weighted by atomic mass is 10.3. The molecule has 6 heteroatoms. The minimum Gasteiger partial charge on any atom is -0.502 e. The van der Waals surface area contributed by atoms with Crippen LogP contribution in [0.15, 0.2) is 23.5 Å². The third kappa shape index (κ3) is 1.08. The number of hydrogen-bond acceptors (Lipinski definition) is 6. The Hall–Kier alpha value is -1.40. The fourth-order valence-electron chi connectivity index (χ4n) is 0.525. The maximum Gasteiger partial charge on any atom is 0.388 e. The summed E-state index contributed by atoms with van der Waals surface area (Å²) in [7, 11) is 0. The van der Waals surface area contributed by atoms with E-state index in [0.29, 0.717) is 6.26 Å².